The molecule has 1 saturated heterocycles. The minimum Gasteiger partial charge on any atom is -0.338 e. The van der Waals surface area contributed by atoms with Crippen molar-refractivity contribution in [1.82, 2.24) is 15.5 Å². The Morgan fingerprint density at radius 3 is 2.65 bits per heavy atom. The van der Waals surface area contributed by atoms with E-state index in [1.165, 1.54) is 0 Å². The molecule has 2 heterocycles. The van der Waals surface area contributed by atoms with Gasteiger partial charge in [-0.2, -0.15) is 4.98 Å². The molecular weight excluding hydrogens is 297 g/mol. The van der Waals surface area contributed by atoms with E-state index < -0.39 is 0 Å². The number of benzene rings is 1. The van der Waals surface area contributed by atoms with Crippen molar-refractivity contribution in [3.63, 3.8) is 0 Å². The molecule has 1 aliphatic heterocycles. The molecule has 1 aliphatic rings. The molecule has 0 amide bonds. The average Bonchev–Trinajstić information content (AvgIpc) is 2.89. The fourth-order valence-electron chi connectivity index (χ4n) is 2.51. The van der Waals surface area contributed by atoms with Gasteiger partial charge in [0.25, 0.3) is 0 Å². The smallest absolute Gasteiger partial charge is 0.234 e. The van der Waals surface area contributed by atoms with E-state index in [-0.39, 0.29) is 5.41 Å². The number of aromatic nitrogens is 2. The van der Waals surface area contributed by atoms with Gasteiger partial charge >= 0.3 is 0 Å². The van der Waals surface area contributed by atoms with Crippen LogP contribution in [0.2, 0.25) is 10.0 Å². The number of nitrogens with one attached hydrogen (secondary N) is 1. The zero-order chi connectivity index (χ0) is 14.2. The summed E-state index contributed by atoms with van der Waals surface area (Å²) in [4.78, 5) is 4.52. The van der Waals surface area contributed by atoms with Crippen molar-refractivity contribution in [2.45, 2.75) is 25.2 Å². The van der Waals surface area contributed by atoms with Crippen molar-refractivity contribution >= 4 is 23.2 Å². The van der Waals surface area contributed by atoms with Gasteiger partial charge in [-0.05, 0) is 44.5 Å². The van der Waals surface area contributed by atoms with E-state index in [0.29, 0.717) is 21.8 Å². The van der Waals surface area contributed by atoms with Crippen molar-refractivity contribution in [3.8, 4) is 11.4 Å². The van der Waals surface area contributed by atoms with Crippen molar-refractivity contribution in [1.29, 1.82) is 0 Å². The molecule has 0 saturated carbocycles. The Balaban J connectivity index is 1.93. The summed E-state index contributed by atoms with van der Waals surface area (Å²) >= 11 is 12.0. The van der Waals surface area contributed by atoms with Gasteiger partial charge in [0, 0.05) is 22.2 Å². The van der Waals surface area contributed by atoms with Crippen molar-refractivity contribution < 1.29 is 4.52 Å². The van der Waals surface area contributed by atoms with Crippen LogP contribution in [0.15, 0.2) is 22.7 Å². The van der Waals surface area contributed by atoms with Crippen LogP contribution in [-0.4, -0.2) is 23.2 Å². The normalized spacial score (nSPS) is 22.9. The van der Waals surface area contributed by atoms with Gasteiger partial charge in [-0.1, -0.05) is 28.4 Å². The summed E-state index contributed by atoms with van der Waals surface area (Å²) in [5, 5.41) is 8.55. The topological polar surface area (TPSA) is 51.0 Å². The third-order valence-corrected chi connectivity index (χ3v) is 4.10. The Hall–Kier alpha value is -1.10. The second-order valence-electron chi connectivity index (χ2n) is 5.42. The average molecular weight is 312 g/mol. The number of piperidine rings is 1. The molecule has 20 heavy (non-hydrogen) atoms. The monoisotopic (exact) mass is 311 g/mol. The van der Waals surface area contributed by atoms with Crippen LogP contribution in [0.4, 0.5) is 0 Å². The molecule has 0 aliphatic carbocycles. The van der Waals surface area contributed by atoms with Crippen LogP contribution in [0.5, 0.6) is 0 Å². The van der Waals surface area contributed by atoms with Crippen LogP contribution >= 0.6 is 23.2 Å². The summed E-state index contributed by atoms with van der Waals surface area (Å²) in [5.74, 6) is 1.19. The predicted octanol–water partition coefficient (Wildman–Crippen LogP) is 3.68. The van der Waals surface area contributed by atoms with E-state index in [4.69, 9.17) is 27.7 Å². The standard InChI is InChI=1S/C14H15Cl2N3O/c1-14(3-2-4-17-8-14)13-18-12(19-20-13)9-5-10(15)7-11(16)6-9/h5-7,17H,2-4,8H2,1H3. The first-order chi connectivity index (χ1) is 9.57. The van der Waals surface area contributed by atoms with Crippen molar-refractivity contribution in [2.75, 3.05) is 13.1 Å². The highest BCUT2D eigenvalue weighted by Crippen LogP contribution is 2.32. The summed E-state index contributed by atoms with van der Waals surface area (Å²) in [6.45, 7) is 4.03. The zero-order valence-corrected chi connectivity index (χ0v) is 12.6. The summed E-state index contributed by atoms with van der Waals surface area (Å²) < 4.78 is 5.45. The molecule has 1 N–H and O–H groups in total. The first kappa shape index (κ1) is 13.9. The highest BCUT2D eigenvalue weighted by atomic mass is 35.5. The van der Waals surface area contributed by atoms with Crippen LogP contribution in [0.25, 0.3) is 11.4 Å². The Morgan fingerprint density at radius 1 is 1.25 bits per heavy atom. The van der Waals surface area contributed by atoms with Gasteiger partial charge in [0.1, 0.15) is 0 Å². The predicted molar refractivity (Wildman–Crippen MR) is 79.2 cm³/mol. The van der Waals surface area contributed by atoms with E-state index in [1.807, 2.05) is 0 Å². The van der Waals surface area contributed by atoms with Gasteiger partial charge in [-0.25, -0.2) is 0 Å². The van der Waals surface area contributed by atoms with E-state index in [9.17, 15) is 0 Å². The third kappa shape index (κ3) is 2.68. The molecule has 3 rings (SSSR count). The second kappa shape index (κ2) is 5.35. The van der Waals surface area contributed by atoms with E-state index in [2.05, 4.69) is 22.4 Å². The first-order valence-electron chi connectivity index (χ1n) is 6.58. The number of hydrogen-bond donors (Lipinski definition) is 1. The van der Waals surface area contributed by atoms with Gasteiger partial charge in [0.05, 0.1) is 5.41 Å². The minimum absolute atomic E-state index is 0.105. The highest BCUT2D eigenvalue weighted by Gasteiger charge is 2.34. The van der Waals surface area contributed by atoms with Gasteiger partial charge < -0.3 is 9.84 Å². The number of rotatable bonds is 2. The summed E-state index contributed by atoms with van der Waals surface area (Å²) in [5.41, 5.74) is 0.663. The van der Waals surface area contributed by atoms with Crippen LogP contribution in [-0.2, 0) is 5.41 Å². The fourth-order valence-corrected chi connectivity index (χ4v) is 3.03. The van der Waals surface area contributed by atoms with Crippen LogP contribution in [0, 0.1) is 0 Å². The van der Waals surface area contributed by atoms with E-state index in [0.717, 1.165) is 31.5 Å². The molecule has 1 unspecified atom stereocenters. The lowest BCUT2D eigenvalue weighted by Crippen LogP contribution is -2.41. The molecule has 0 bridgehead atoms. The summed E-state index contributed by atoms with van der Waals surface area (Å²) in [7, 11) is 0. The number of halogens is 2. The maximum atomic E-state index is 6.00. The molecule has 1 fully saturated rings. The quantitative estimate of drug-likeness (QED) is 0.919. The summed E-state index contributed by atoms with van der Waals surface area (Å²) in [6, 6.07) is 5.24. The minimum atomic E-state index is -0.105. The Labute approximate surface area is 127 Å². The number of nitrogens with zero attached hydrogens (tertiary/aromatic N) is 2. The zero-order valence-electron chi connectivity index (χ0n) is 11.1. The Morgan fingerprint density at radius 2 is 2.00 bits per heavy atom. The van der Waals surface area contributed by atoms with E-state index >= 15 is 0 Å². The van der Waals surface area contributed by atoms with E-state index in [1.54, 1.807) is 18.2 Å². The molecule has 1 atom stereocenters. The van der Waals surface area contributed by atoms with Gasteiger partial charge in [0.2, 0.25) is 11.7 Å². The molecule has 1 aromatic carbocycles. The molecule has 6 heteroatoms. The van der Waals surface area contributed by atoms with Gasteiger partial charge in [-0.15, -0.1) is 0 Å². The van der Waals surface area contributed by atoms with Crippen LogP contribution in [0.1, 0.15) is 25.7 Å². The largest absolute Gasteiger partial charge is 0.338 e. The molecule has 0 radical (unpaired) electrons. The molecule has 4 nitrogen and oxygen atoms in total. The lowest BCUT2D eigenvalue weighted by atomic mass is 9.83. The SMILES string of the molecule is CC1(c2nc(-c3cc(Cl)cc(Cl)c3)no2)CCCNC1. The Kier molecular flexibility index (Phi) is 3.71. The summed E-state index contributed by atoms with van der Waals surface area (Å²) in [6.07, 6.45) is 2.15. The van der Waals surface area contributed by atoms with Crippen molar-refractivity contribution in [3.05, 3.63) is 34.1 Å². The lowest BCUT2D eigenvalue weighted by molar-refractivity contribution is 0.245. The molecular formula is C14H15Cl2N3O. The first-order valence-corrected chi connectivity index (χ1v) is 7.34. The lowest BCUT2D eigenvalue weighted by Gasteiger charge is -2.30. The second-order valence-corrected chi connectivity index (χ2v) is 6.30. The highest BCUT2D eigenvalue weighted by molar-refractivity contribution is 6.35. The maximum Gasteiger partial charge on any atom is 0.234 e. The molecule has 1 aromatic heterocycles. The molecule has 106 valence electrons. The third-order valence-electron chi connectivity index (χ3n) is 3.66. The van der Waals surface area contributed by atoms with Crippen LogP contribution < -0.4 is 5.32 Å². The van der Waals surface area contributed by atoms with Crippen LogP contribution in [0.3, 0.4) is 0 Å². The Bertz CT molecular complexity index is 600. The fraction of sp³-hybridized carbons (Fsp3) is 0.429. The number of hydrogen-bond acceptors (Lipinski definition) is 4. The van der Waals surface area contributed by atoms with Crippen molar-refractivity contribution in [2.24, 2.45) is 0 Å². The molecule has 0 spiro atoms. The maximum absolute atomic E-state index is 6.00. The van der Waals surface area contributed by atoms with Gasteiger partial charge in [0.15, 0.2) is 0 Å². The molecule has 2 aromatic rings. The van der Waals surface area contributed by atoms with Gasteiger partial charge in [-0.3, -0.25) is 0 Å².